The normalized spacial score (nSPS) is 10.9. The van der Waals surface area contributed by atoms with E-state index in [-0.39, 0.29) is 12.1 Å². The molecule has 0 atom stereocenters. The maximum absolute atomic E-state index is 12.2. The Morgan fingerprint density at radius 1 is 0.963 bits per heavy atom. The summed E-state index contributed by atoms with van der Waals surface area (Å²) in [5.74, 6) is 0.792. The highest BCUT2D eigenvalue weighted by Gasteiger charge is 2.11. The topological polar surface area (TPSA) is 73.8 Å². The zero-order valence-electron chi connectivity index (χ0n) is 14.5. The molecule has 0 unspecified atom stereocenters. The van der Waals surface area contributed by atoms with Gasteiger partial charge in [0, 0.05) is 22.2 Å². The van der Waals surface area contributed by atoms with Crippen molar-refractivity contribution in [3.63, 3.8) is 0 Å². The molecule has 2 heterocycles. The molecule has 0 aliphatic heterocycles. The molecule has 6 nitrogen and oxygen atoms in total. The minimum absolute atomic E-state index is 0.0964. The molecular weight excluding hydrogens is 364 g/mol. The molecule has 2 aromatic heterocycles. The summed E-state index contributed by atoms with van der Waals surface area (Å²) in [6.07, 6.45) is 0. The smallest absolute Gasteiger partial charge is 0.267 e. The molecule has 0 saturated carbocycles. The number of aryl methyl sites for hydroxylation is 1. The van der Waals surface area contributed by atoms with Gasteiger partial charge in [-0.1, -0.05) is 58.7 Å². The van der Waals surface area contributed by atoms with Crippen molar-refractivity contribution in [2.24, 2.45) is 0 Å². The van der Waals surface area contributed by atoms with Gasteiger partial charge in [0.2, 0.25) is 11.7 Å². The van der Waals surface area contributed by atoms with Crippen molar-refractivity contribution >= 4 is 11.6 Å². The Morgan fingerprint density at radius 2 is 1.67 bits per heavy atom. The number of nitrogens with zero attached hydrogens (tertiary/aromatic N) is 4. The lowest BCUT2D eigenvalue weighted by molar-refractivity contribution is 0.363. The van der Waals surface area contributed by atoms with Crippen LogP contribution in [0.4, 0.5) is 0 Å². The van der Waals surface area contributed by atoms with Crippen molar-refractivity contribution in [3.05, 3.63) is 87.5 Å². The lowest BCUT2D eigenvalue weighted by Gasteiger charge is -2.05. The molecule has 0 N–H and O–H groups in total. The lowest BCUT2D eigenvalue weighted by Crippen LogP contribution is -2.23. The Balaban J connectivity index is 1.61. The number of rotatable bonds is 4. The molecule has 7 heteroatoms. The maximum Gasteiger partial charge on any atom is 0.267 e. The molecule has 0 spiro atoms. The van der Waals surface area contributed by atoms with Gasteiger partial charge in [-0.3, -0.25) is 4.79 Å². The van der Waals surface area contributed by atoms with Crippen LogP contribution in [-0.4, -0.2) is 19.9 Å². The third-order valence-electron chi connectivity index (χ3n) is 4.07. The fourth-order valence-electron chi connectivity index (χ4n) is 2.60. The highest BCUT2D eigenvalue weighted by molar-refractivity contribution is 6.30. The van der Waals surface area contributed by atoms with Crippen molar-refractivity contribution in [2.75, 3.05) is 0 Å². The highest BCUT2D eigenvalue weighted by Crippen LogP contribution is 2.19. The third-order valence-corrected chi connectivity index (χ3v) is 4.32. The summed E-state index contributed by atoms with van der Waals surface area (Å²) >= 11 is 5.92. The summed E-state index contributed by atoms with van der Waals surface area (Å²) in [4.78, 5) is 16.5. The second kappa shape index (κ2) is 7.17. The molecule has 4 aromatic rings. The molecule has 0 aliphatic carbocycles. The zero-order valence-corrected chi connectivity index (χ0v) is 15.2. The van der Waals surface area contributed by atoms with Crippen molar-refractivity contribution in [3.8, 4) is 22.6 Å². The summed E-state index contributed by atoms with van der Waals surface area (Å²) < 4.78 is 6.59. The summed E-state index contributed by atoms with van der Waals surface area (Å²) in [5.41, 5.74) is 3.27. The quantitative estimate of drug-likeness (QED) is 0.537. The first kappa shape index (κ1) is 17.2. The van der Waals surface area contributed by atoms with E-state index in [1.165, 1.54) is 10.7 Å². The second-order valence-electron chi connectivity index (χ2n) is 6.10. The van der Waals surface area contributed by atoms with Gasteiger partial charge in [-0.05, 0) is 25.1 Å². The van der Waals surface area contributed by atoms with Crippen molar-refractivity contribution < 1.29 is 4.52 Å². The zero-order chi connectivity index (χ0) is 18.8. The molecular formula is C20H15ClN4O2. The maximum atomic E-state index is 12.2. The largest absolute Gasteiger partial charge is 0.337 e. The van der Waals surface area contributed by atoms with Gasteiger partial charge >= 0.3 is 0 Å². The van der Waals surface area contributed by atoms with Crippen LogP contribution < -0.4 is 5.56 Å². The summed E-state index contributed by atoms with van der Waals surface area (Å²) in [7, 11) is 0. The minimum atomic E-state index is -0.247. The predicted molar refractivity (Wildman–Crippen MR) is 103 cm³/mol. The Labute approximate surface area is 160 Å². The van der Waals surface area contributed by atoms with Gasteiger partial charge in [-0.25, -0.2) is 4.68 Å². The van der Waals surface area contributed by atoms with Crippen molar-refractivity contribution in [1.82, 2.24) is 19.9 Å². The Morgan fingerprint density at radius 3 is 2.41 bits per heavy atom. The third kappa shape index (κ3) is 3.80. The Bertz CT molecular complexity index is 1130. The van der Waals surface area contributed by atoms with Crippen molar-refractivity contribution in [2.45, 2.75) is 13.5 Å². The first-order chi connectivity index (χ1) is 13.1. The summed E-state index contributed by atoms with van der Waals surface area (Å²) in [6.45, 7) is 2.11. The lowest BCUT2D eigenvalue weighted by atomic mass is 10.1. The van der Waals surface area contributed by atoms with E-state index in [2.05, 4.69) is 15.2 Å². The van der Waals surface area contributed by atoms with E-state index in [4.69, 9.17) is 16.1 Å². The second-order valence-corrected chi connectivity index (χ2v) is 6.54. The first-order valence-corrected chi connectivity index (χ1v) is 8.70. The first-order valence-electron chi connectivity index (χ1n) is 8.32. The van der Waals surface area contributed by atoms with Crippen LogP contribution in [0.3, 0.4) is 0 Å². The van der Waals surface area contributed by atoms with E-state index in [0.717, 1.165) is 16.7 Å². The minimum Gasteiger partial charge on any atom is -0.337 e. The Hall–Kier alpha value is -3.25. The number of benzene rings is 2. The van der Waals surface area contributed by atoms with Crippen LogP contribution in [-0.2, 0) is 6.54 Å². The van der Waals surface area contributed by atoms with Crippen LogP contribution in [0.15, 0.2) is 70.0 Å². The molecule has 0 bridgehead atoms. The average molecular weight is 379 g/mol. The van der Waals surface area contributed by atoms with Gasteiger partial charge in [0.1, 0.15) is 6.54 Å². The van der Waals surface area contributed by atoms with Gasteiger partial charge in [0.15, 0.2) is 0 Å². The molecule has 0 amide bonds. The fourth-order valence-corrected chi connectivity index (χ4v) is 2.73. The van der Waals surface area contributed by atoms with Crippen LogP contribution in [0.5, 0.6) is 0 Å². The van der Waals surface area contributed by atoms with Gasteiger partial charge in [0.25, 0.3) is 5.56 Å². The molecule has 0 aliphatic rings. The fraction of sp³-hybridized carbons (Fsp3) is 0.100. The van der Waals surface area contributed by atoms with Crippen molar-refractivity contribution in [1.29, 1.82) is 0 Å². The van der Waals surface area contributed by atoms with E-state index in [0.29, 0.717) is 22.4 Å². The van der Waals surface area contributed by atoms with Gasteiger partial charge in [-0.2, -0.15) is 10.1 Å². The number of aromatic nitrogens is 4. The van der Waals surface area contributed by atoms with E-state index in [1.54, 1.807) is 18.2 Å². The number of halogens is 1. The van der Waals surface area contributed by atoms with E-state index < -0.39 is 0 Å². The summed E-state index contributed by atoms with van der Waals surface area (Å²) in [6, 6.07) is 18.2. The predicted octanol–water partition coefficient (Wildman–Crippen LogP) is 3.97. The molecule has 2 aromatic carbocycles. The van der Waals surface area contributed by atoms with Crippen LogP contribution in [0.2, 0.25) is 5.02 Å². The van der Waals surface area contributed by atoms with Gasteiger partial charge in [0.05, 0.1) is 5.69 Å². The van der Waals surface area contributed by atoms with E-state index in [1.807, 2.05) is 43.3 Å². The number of hydrogen-bond donors (Lipinski definition) is 0. The van der Waals surface area contributed by atoms with E-state index >= 15 is 0 Å². The molecule has 0 radical (unpaired) electrons. The van der Waals surface area contributed by atoms with E-state index in [9.17, 15) is 4.79 Å². The standard InChI is InChI=1S/C20H15ClN4O2/c1-13-2-4-15(5-3-13)20-22-18(27-24-20)12-25-19(26)11-10-17(23-25)14-6-8-16(21)9-7-14/h2-11H,12H2,1H3. The van der Waals surface area contributed by atoms with Crippen LogP contribution in [0.25, 0.3) is 22.6 Å². The number of hydrogen-bond acceptors (Lipinski definition) is 5. The van der Waals surface area contributed by atoms with Gasteiger partial charge in [-0.15, -0.1) is 0 Å². The molecule has 134 valence electrons. The molecule has 27 heavy (non-hydrogen) atoms. The summed E-state index contributed by atoms with van der Waals surface area (Å²) in [5, 5.41) is 9.02. The molecule has 0 fully saturated rings. The highest BCUT2D eigenvalue weighted by atomic mass is 35.5. The Kier molecular flexibility index (Phi) is 4.56. The SMILES string of the molecule is Cc1ccc(-c2noc(Cn3nc(-c4ccc(Cl)cc4)ccc3=O)n2)cc1. The average Bonchev–Trinajstić information content (AvgIpc) is 3.13. The van der Waals surface area contributed by atoms with Crippen LogP contribution in [0.1, 0.15) is 11.5 Å². The molecule has 4 rings (SSSR count). The molecule has 0 saturated heterocycles. The monoisotopic (exact) mass is 378 g/mol. The van der Waals surface area contributed by atoms with Crippen LogP contribution >= 0.6 is 11.6 Å². The van der Waals surface area contributed by atoms with Gasteiger partial charge < -0.3 is 4.52 Å². The van der Waals surface area contributed by atoms with Crippen LogP contribution in [0, 0.1) is 6.92 Å².